The van der Waals surface area contributed by atoms with Crippen molar-refractivity contribution in [3.63, 3.8) is 0 Å². The van der Waals surface area contributed by atoms with Gasteiger partial charge >= 0.3 is 0 Å². The van der Waals surface area contributed by atoms with Crippen LogP contribution in [-0.4, -0.2) is 113 Å². The molecule has 0 saturated carbocycles. The average molecular weight is 851 g/mol. The monoisotopic (exact) mass is 850 g/mol. The second kappa shape index (κ2) is 17.3. The standard InChI is InChI=1S/C43H42N6O9S2/c1-54-32-17-13-30(14-18-32)43(29-11-7-4-8-12-29,31-15-19-33(55-2)20-16-31)56-25-34-36(50)37(58-42(59)48-21-23-60(52,53)24-22-48)41(57-34)49-27-46-35-38(44-26-45-39(35)49)47-40(51)28-9-5-3-6-10-28/h3-20,26-27,34,36-37,41,50H,21-25H2,1-2H3,(H,44,45,47,51)/t34-,36+,37?,41-/m1/s1. The highest BCUT2D eigenvalue weighted by molar-refractivity contribution is 7.91. The highest BCUT2D eigenvalue weighted by atomic mass is 32.2. The van der Waals surface area contributed by atoms with Crippen molar-refractivity contribution in [3.05, 3.63) is 144 Å². The number of sulfone groups is 1. The first kappa shape index (κ1) is 40.8. The number of imidazole rings is 1. The zero-order valence-electron chi connectivity index (χ0n) is 32.7. The maximum atomic E-state index is 13.1. The zero-order chi connectivity index (χ0) is 41.9. The fourth-order valence-corrected chi connectivity index (χ4v) is 8.97. The third kappa shape index (κ3) is 8.13. The zero-order valence-corrected chi connectivity index (χ0v) is 34.3. The van der Waals surface area contributed by atoms with Crippen LogP contribution in [0.1, 0.15) is 33.3 Å². The molecule has 0 spiro atoms. The highest BCUT2D eigenvalue weighted by Crippen LogP contribution is 2.43. The Hall–Kier alpha value is -5.98. The number of rotatable bonds is 12. The quantitative estimate of drug-likeness (QED) is 0.127. The molecule has 15 nitrogen and oxygen atoms in total. The summed E-state index contributed by atoms with van der Waals surface area (Å²) in [7, 11) is -0.0127. The van der Waals surface area contributed by atoms with Gasteiger partial charge in [-0.15, -0.1) is 0 Å². The van der Waals surface area contributed by atoms with Crippen molar-refractivity contribution >= 4 is 50.1 Å². The molecule has 8 rings (SSSR count). The number of fused-ring (bicyclic) bond motifs is 1. The predicted octanol–water partition coefficient (Wildman–Crippen LogP) is 4.76. The number of hydrogen-bond acceptors (Lipinski definition) is 13. The maximum absolute atomic E-state index is 13.1. The van der Waals surface area contributed by atoms with E-state index in [1.165, 1.54) is 12.7 Å². The van der Waals surface area contributed by atoms with Crippen molar-refractivity contribution in [2.45, 2.75) is 30.1 Å². The lowest BCUT2D eigenvalue weighted by molar-refractivity contribution is -0.0941. The molecule has 310 valence electrons. The van der Waals surface area contributed by atoms with E-state index >= 15 is 0 Å². The van der Waals surface area contributed by atoms with Gasteiger partial charge in [-0.05, 0) is 65.3 Å². The van der Waals surface area contributed by atoms with Gasteiger partial charge in [0.1, 0.15) is 35.6 Å². The van der Waals surface area contributed by atoms with E-state index in [0.29, 0.717) is 17.1 Å². The van der Waals surface area contributed by atoms with Crippen LogP contribution in [0.3, 0.4) is 0 Å². The van der Waals surface area contributed by atoms with E-state index in [-0.39, 0.29) is 59.3 Å². The van der Waals surface area contributed by atoms with Crippen LogP contribution in [0.5, 0.6) is 11.5 Å². The molecule has 6 aromatic rings. The number of hydrogen-bond donors (Lipinski definition) is 2. The Labute approximate surface area is 351 Å². The average Bonchev–Trinajstić information content (AvgIpc) is 3.85. The van der Waals surface area contributed by atoms with Gasteiger partial charge in [-0.2, -0.15) is 0 Å². The lowest BCUT2D eigenvalue weighted by atomic mass is 9.80. The Morgan fingerprint density at radius 3 is 2.03 bits per heavy atom. The summed E-state index contributed by atoms with van der Waals surface area (Å²) < 4.78 is 57.2. The smallest absolute Gasteiger partial charge is 0.259 e. The van der Waals surface area contributed by atoms with E-state index in [9.17, 15) is 18.3 Å². The molecule has 0 radical (unpaired) electrons. The van der Waals surface area contributed by atoms with Gasteiger partial charge in [-0.25, -0.2) is 23.4 Å². The Bertz CT molecular complexity index is 2500. The van der Waals surface area contributed by atoms with Crippen molar-refractivity contribution < 1.29 is 42.0 Å². The number of nitrogens with one attached hydrogen (secondary N) is 1. The van der Waals surface area contributed by atoms with Crippen molar-refractivity contribution in [2.24, 2.45) is 0 Å². The van der Waals surface area contributed by atoms with Crippen molar-refractivity contribution in [3.8, 4) is 11.5 Å². The summed E-state index contributed by atoms with van der Waals surface area (Å²) in [5, 5.41) is 15.0. The molecule has 17 heteroatoms. The van der Waals surface area contributed by atoms with E-state index in [4.69, 9.17) is 35.9 Å². The molecule has 1 amide bonds. The molecule has 2 saturated heterocycles. The lowest BCUT2D eigenvalue weighted by Crippen LogP contribution is -2.47. The first-order valence-corrected chi connectivity index (χ1v) is 21.3. The molecule has 2 fully saturated rings. The van der Waals surface area contributed by atoms with Crippen LogP contribution in [0.15, 0.2) is 122 Å². The number of nitrogens with zero attached hydrogens (tertiary/aromatic N) is 5. The molecule has 0 aliphatic carbocycles. The first-order valence-electron chi connectivity index (χ1n) is 19.1. The van der Waals surface area contributed by atoms with E-state index in [0.717, 1.165) is 16.7 Å². The number of aliphatic hydroxyl groups is 1. The summed E-state index contributed by atoms with van der Waals surface area (Å²) in [5.41, 5.74) is 2.11. The molecule has 4 atom stereocenters. The summed E-state index contributed by atoms with van der Waals surface area (Å²) in [5.74, 6) is 0.932. The van der Waals surface area contributed by atoms with Gasteiger partial charge in [0.2, 0.25) is 0 Å². The number of carbonyl (C=O) groups is 1. The predicted molar refractivity (Wildman–Crippen MR) is 226 cm³/mol. The van der Waals surface area contributed by atoms with Crippen molar-refractivity contribution in [1.29, 1.82) is 0 Å². The Morgan fingerprint density at radius 2 is 1.43 bits per heavy atom. The highest BCUT2D eigenvalue weighted by Gasteiger charge is 2.50. The normalized spacial score (nSPS) is 20.1. The van der Waals surface area contributed by atoms with Crippen LogP contribution in [0.2, 0.25) is 0 Å². The number of methoxy groups -OCH3 is 2. The number of benzene rings is 4. The van der Waals surface area contributed by atoms with Gasteiger partial charge in [0, 0.05) is 18.7 Å². The third-order valence-electron chi connectivity index (χ3n) is 10.7. The molecular formula is C43H42N6O9S2. The van der Waals surface area contributed by atoms with Crippen LogP contribution in [0.4, 0.5) is 5.82 Å². The van der Waals surface area contributed by atoms with Gasteiger partial charge in [-0.1, -0.05) is 72.8 Å². The number of aliphatic hydroxyl groups excluding tert-OH is 1. The molecule has 4 heterocycles. The summed E-state index contributed by atoms with van der Waals surface area (Å²) in [6, 6.07) is 33.6. The number of thiocarbonyl (C=S) groups is 1. The second-order valence-electron chi connectivity index (χ2n) is 14.2. The molecule has 2 aliphatic heterocycles. The third-order valence-corrected chi connectivity index (χ3v) is 12.7. The van der Waals surface area contributed by atoms with Crippen LogP contribution in [-0.2, 0) is 29.6 Å². The molecule has 0 bridgehead atoms. The molecule has 1 unspecified atom stereocenters. The minimum absolute atomic E-state index is 0.00840. The van der Waals surface area contributed by atoms with Crippen LogP contribution < -0.4 is 14.8 Å². The van der Waals surface area contributed by atoms with E-state index in [1.807, 2.05) is 84.9 Å². The number of anilines is 1. The van der Waals surface area contributed by atoms with Crippen molar-refractivity contribution in [2.75, 3.05) is 50.7 Å². The maximum Gasteiger partial charge on any atom is 0.259 e. The second-order valence-corrected chi connectivity index (χ2v) is 16.9. The van der Waals surface area contributed by atoms with Gasteiger partial charge in [-0.3, -0.25) is 9.36 Å². The van der Waals surface area contributed by atoms with Gasteiger partial charge < -0.3 is 39.0 Å². The number of aromatic nitrogens is 4. The summed E-state index contributed by atoms with van der Waals surface area (Å²) in [6.45, 7) is 0.118. The SMILES string of the molecule is COc1ccc(C(OC[C@H]2O[C@@H](n3cnc4c(NC(=O)c5ccccc5)ncnc43)C(OC(=S)N3CCS(=O)(=O)CC3)[C@H]2O)(c2ccccc2)c2ccc(OC)cc2)cc1. The number of ether oxygens (including phenoxy) is 5. The Morgan fingerprint density at radius 1 is 0.850 bits per heavy atom. The topological polar surface area (TPSA) is 176 Å². The largest absolute Gasteiger partial charge is 0.497 e. The first-order chi connectivity index (χ1) is 29.1. The molecule has 2 aromatic heterocycles. The number of carbonyl (C=O) groups excluding carboxylic acids is 1. The molecule has 4 aromatic carbocycles. The van der Waals surface area contributed by atoms with E-state index in [1.54, 1.807) is 48.0 Å². The van der Waals surface area contributed by atoms with Crippen molar-refractivity contribution in [1.82, 2.24) is 24.4 Å². The van der Waals surface area contributed by atoms with Crippen LogP contribution >= 0.6 is 12.2 Å². The Kier molecular flexibility index (Phi) is 11.8. The fourth-order valence-electron chi connectivity index (χ4n) is 7.47. The Balaban J connectivity index is 1.16. The number of amides is 1. The van der Waals surface area contributed by atoms with Crippen LogP contribution in [0, 0.1) is 0 Å². The van der Waals surface area contributed by atoms with Gasteiger partial charge in [0.05, 0.1) is 38.7 Å². The summed E-state index contributed by atoms with van der Waals surface area (Å²) >= 11 is 5.72. The summed E-state index contributed by atoms with van der Waals surface area (Å²) in [6.07, 6.45) is -1.81. The fraction of sp³-hybridized carbons (Fsp3) is 0.279. The van der Waals surface area contributed by atoms with Crippen LogP contribution in [0.25, 0.3) is 11.2 Å². The summed E-state index contributed by atoms with van der Waals surface area (Å²) in [4.78, 5) is 28.1. The van der Waals surface area contributed by atoms with Gasteiger partial charge in [0.25, 0.3) is 11.1 Å². The lowest BCUT2D eigenvalue weighted by Gasteiger charge is -2.37. The minimum Gasteiger partial charge on any atom is -0.497 e. The van der Waals surface area contributed by atoms with E-state index < -0.39 is 40.0 Å². The molecule has 60 heavy (non-hydrogen) atoms. The van der Waals surface area contributed by atoms with Gasteiger partial charge in [0.15, 0.2) is 39.2 Å². The minimum atomic E-state index is -3.21. The molecule has 2 aliphatic rings. The molecular weight excluding hydrogens is 809 g/mol. The van der Waals surface area contributed by atoms with E-state index in [2.05, 4.69) is 20.3 Å². The molecule has 2 N–H and O–H groups in total.